The molecule has 1 saturated heterocycles. The third kappa shape index (κ3) is 4.80. The summed E-state index contributed by atoms with van der Waals surface area (Å²) in [5, 5.41) is 3.36. The van der Waals surface area contributed by atoms with Gasteiger partial charge in [0.05, 0.1) is 0 Å². The van der Waals surface area contributed by atoms with Crippen LogP contribution in [0.4, 0.5) is 0 Å². The highest BCUT2D eigenvalue weighted by Crippen LogP contribution is 2.18. The number of nitrogens with one attached hydrogen (secondary N) is 1. The maximum Gasteiger partial charge on any atom is 0.123 e. The molecule has 1 atom stereocenters. The fourth-order valence-electron chi connectivity index (χ4n) is 2.82. The second kappa shape index (κ2) is 8.28. The lowest BCUT2D eigenvalue weighted by Gasteiger charge is -2.30. The van der Waals surface area contributed by atoms with Gasteiger partial charge in [-0.2, -0.15) is 0 Å². The lowest BCUT2D eigenvalue weighted by Crippen LogP contribution is -2.37. The lowest BCUT2D eigenvalue weighted by molar-refractivity contribution is 0.153. The van der Waals surface area contributed by atoms with Gasteiger partial charge in [-0.1, -0.05) is 32.0 Å². The maximum atomic E-state index is 5.99. The molecular formula is C17H28N2O. The number of hydrogen-bond donors (Lipinski definition) is 1. The number of rotatable bonds is 7. The van der Waals surface area contributed by atoms with E-state index in [1.807, 2.05) is 6.07 Å². The topological polar surface area (TPSA) is 24.5 Å². The average molecular weight is 276 g/mol. The van der Waals surface area contributed by atoms with E-state index >= 15 is 0 Å². The summed E-state index contributed by atoms with van der Waals surface area (Å²) in [6.45, 7) is 10.6. The molecule has 0 bridgehead atoms. The minimum absolute atomic E-state index is 0.788. The molecule has 0 radical (unpaired) electrons. The summed E-state index contributed by atoms with van der Waals surface area (Å²) >= 11 is 0. The smallest absolute Gasteiger partial charge is 0.123 e. The predicted octanol–water partition coefficient (Wildman–Crippen LogP) is 2.91. The molecule has 112 valence electrons. The second-order valence-electron chi connectivity index (χ2n) is 5.78. The molecule has 0 saturated carbocycles. The van der Waals surface area contributed by atoms with Crippen molar-refractivity contribution in [1.29, 1.82) is 0 Å². The monoisotopic (exact) mass is 276 g/mol. The van der Waals surface area contributed by atoms with Crippen LogP contribution in [0.25, 0.3) is 0 Å². The van der Waals surface area contributed by atoms with E-state index in [4.69, 9.17) is 4.74 Å². The van der Waals surface area contributed by atoms with Crippen molar-refractivity contribution >= 4 is 0 Å². The Morgan fingerprint density at radius 1 is 1.35 bits per heavy atom. The highest BCUT2D eigenvalue weighted by molar-refractivity contribution is 5.33. The third-order valence-electron chi connectivity index (χ3n) is 3.94. The molecule has 1 N–H and O–H groups in total. The molecule has 1 aromatic carbocycles. The van der Waals surface area contributed by atoms with Gasteiger partial charge in [0, 0.05) is 25.2 Å². The second-order valence-corrected chi connectivity index (χ2v) is 5.78. The summed E-state index contributed by atoms with van der Waals surface area (Å²) in [7, 11) is 0. The van der Waals surface area contributed by atoms with E-state index in [1.165, 1.54) is 31.5 Å². The van der Waals surface area contributed by atoms with Crippen LogP contribution in [0.5, 0.6) is 5.75 Å². The van der Waals surface area contributed by atoms with Crippen molar-refractivity contribution in [3.8, 4) is 5.75 Å². The summed E-state index contributed by atoms with van der Waals surface area (Å²) in [5.74, 6) is 1.86. The molecule has 1 heterocycles. The van der Waals surface area contributed by atoms with E-state index in [0.717, 1.165) is 37.9 Å². The van der Waals surface area contributed by atoms with Gasteiger partial charge >= 0.3 is 0 Å². The van der Waals surface area contributed by atoms with Gasteiger partial charge < -0.3 is 10.1 Å². The van der Waals surface area contributed by atoms with Gasteiger partial charge in [-0.05, 0) is 37.9 Å². The van der Waals surface area contributed by atoms with Crippen LogP contribution in [0.1, 0.15) is 32.3 Å². The van der Waals surface area contributed by atoms with Crippen molar-refractivity contribution in [3.05, 3.63) is 29.8 Å². The van der Waals surface area contributed by atoms with Gasteiger partial charge in [-0.3, -0.25) is 4.90 Å². The van der Waals surface area contributed by atoms with Crippen molar-refractivity contribution in [2.45, 2.75) is 33.2 Å². The Morgan fingerprint density at radius 2 is 2.20 bits per heavy atom. The molecule has 0 spiro atoms. The van der Waals surface area contributed by atoms with Crippen molar-refractivity contribution in [3.63, 3.8) is 0 Å². The third-order valence-corrected chi connectivity index (χ3v) is 3.94. The number of benzene rings is 1. The number of nitrogens with zero attached hydrogens (tertiary/aromatic N) is 1. The Hall–Kier alpha value is -1.06. The van der Waals surface area contributed by atoms with Crippen molar-refractivity contribution < 1.29 is 4.74 Å². The normalized spacial score (nSPS) is 20.0. The van der Waals surface area contributed by atoms with E-state index in [9.17, 15) is 0 Å². The standard InChI is InChI=1S/C17H28N2O/c1-3-18-13-16-8-4-5-9-17(16)20-12-11-19-10-6-7-15(2)14-19/h4-5,8-9,15,18H,3,6-7,10-14H2,1-2H3. The highest BCUT2D eigenvalue weighted by atomic mass is 16.5. The molecule has 3 heteroatoms. The van der Waals surface area contributed by atoms with Crippen LogP contribution in [0.15, 0.2) is 24.3 Å². The zero-order valence-electron chi connectivity index (χ0n) is 12.9. The molecule has 1 aromatic rings. The van der Waals surface area contributed by atoms with Gasteiger partial charge in [0.25, 0.3) is 0 Å². The molecule has 0 amide bonds. The zero-order chi connectivity index (χ0) is 14.2. The number of ether oxygens (including phenoxy) is 1. The van der Waals surface area contributed by atoms with Crippen LogP contribution in [0.2, 0.25) is 0 Å². The van der Waals surface area contributed by atoms with Crippen LogP contribution in [0, 0.1) is 5.92 Å². The van der Waals surface area contributed by atoms with Crippen LogP contribution in [0.3, 0.4) is 0 Å². The Morgan fingerprint density at radius 3 is 3.00 bits per heavy atom. The molecule has 0 aliphatic carbocycles. The molecule has 0 aromatic heterocycles. The Bertz CT molecular complexity index is 394. The summed E-state index contributed by atoms with van der Waals surface area (Å²) in [5.41, 5.74) is 1.25. The minimum Gasteiger partial charge on any atom is -0.492 e. The first kappa shape index (κ1) is 15.3. The Balaban J connectivity index is 1.78. The quantitative estimate of drug-likeness (QED) is 0.829. The fraction of sp³-hybridized carbons (Fsp3) is 0.647. The summed E-state index contributed by atoms with van der Waals surface area (Å²) in [6.07, 6.45) is 2.71. The van der Waals surface area contributed by atoms with E-state index < -0.39 is 0 Å². The number of piperidine rings is 1. The van der Waals surface area contributed by atoms with Crippen molar-refractivity contribution in [2.75, 3.05) is 32.8 Å². The van der Waals surface area contributed by atoms with Crippen LogP contribution < -0.4 is 10.1 Å². The van der Waals surface area contributed by atoms with Crippen LogP contribution in [-0.4, -0.2) is 37.7 Å². The summed E-state index contributed by atoms with van der Waals surface area (Å²) < 4.78 is 5.99. The highest BCUT2D eigenvalue weighted by Gasteiger charge is 2.15. The molecule has 3 nitrogen and oxygen atoms in total. The average Bonchev–Trinajstić information content (AvgIpc) is 2.46. The summed E-state index contributed by atoms with van der Waals surface area (Å²) in [4.78, 5) is 2.53. The van der Waals surface area contributed by atoms with E-state index in [0.29, 0.717) is 0 Å². The molecule has 20 heavy (non-hydrogen) atoms. The van der Waals surface area contributed by atoms with Crippen molar-refractivity contribution in [2.24, 2.45) is 5.92 Å². The van der Waals surface area contributed by atoms with Crippen LogP contribution >= 0.6 is 0 Å². The Labute approximate surface area is 123 Å². The molecule has 1 unspecified atom stereocenters. The molecule has 1 aliphatic rings. The van der Waals surface area contributed by atoms with Gasteiger partial charge in [-0.15, -0.1) is 0 Å². The Kier molecular flexibility index (Phi) is 6.34. The number of likely N-dealkylation sites (tertiary alicyclic amines) is 1. The molecule has 1 fully saturated rings. The SMILES string of the molecule is CCNCc1ccccc1OCCN1CCCC(C)C1. The van der Waals surface area contributed by atoms with Crippen molar-refractivity contribution in [1.82, 2.24) is 10.2 Å². The molecular weight excluding hydrogens is 248 g/mol. The van der Waals surface area contributed by atoms with Gasteiger partial charge in [0.2, 0.25) is 0 Å². The first-order chi connectivity index (χ1) is 9.79. The number of hydrogen-bond acceptors (Lipinski definition) is 3. The first-order valence-electron chi connectivity index (χ1n) is 7.93. The fourth-order valence-corrected chi connectivity index (χ4v) is 2.82. The van der Waals surface area contributed by atoms with Gasteiger partial charge in [0.1, 0.15) is 12.4 Å². The van der Waals surface area contributed by atoms with Gasteiger partial charge in [0.15, 0.2) is 0 Å². The van der Waals surface area contributed by atoms with Crippen LogP contribution in [-0.2, 0) is 6.54 Å². The summed E-state index contributed by atoms with van der Waals surface area (Å²) in [6, 6.07) is 8.34. The van der Waals surface area contributed by atoms with Gasteiger partial charge in [-0.25, -0.2) is 0 Å². The molecule has 2 rings (SSSR count). The predicted molar refractivity (Wildman–Crippen MR) is 84.2 cm³/mol. The largest absolute Gasteiger partial charge is 0.492 e. The maximum absolute atomic E-state index is 5.99. The molecule has 1 aliphatic heterocycles. The van der Waals surface area contributed by atoms with E-state index in [2.05, 4.69) is 42.3 Å². The zero-order valence-corrected chi connectivity index (χ0v) is 12.9. The van der Waals surface area contributed by atoms with E-state index in [-0.39, 0.29) is 0 Å². The van der Waals surface area contributed by atoms with E-state index in [1.54, 1.807) is 0 Å². The number of para-hydroxylation sites is 1. The first-order valence-corrected chi connectivity index (χ1v) is 7.93. The minimum atomic E-state index is 0.788. The lowest BCUT2D eigenvalue weighted by atomic mass is 10.0.